The molecule has 3 nitrogen and oxygen atoms in total. The van der Waals surface area contributed by atoms with Crippen LogP contribution in [-0.2, 0) is 9.53 Å². The molecule has 0 saturated carbocycles. The summed E-state index contributed by atoms with van der Waals surface area (Å²) in [7, 11) is 0. The van der Waals surface area contributed by atoms with E-state index in [-0.39, 0.29) is 12.6 Å². The Labute approximate surface area is 125 Å². The van der Waals surface area contributed by atoms with E-state index in [1.807, 2.05) is 0 Å². The van der Waals surface area contributed by atoms with Crippen molar-refractivity contribution in [2.24, 2.45) is 5.92 Å². The largest absolute Gasteiger partial charge is 0.463 e. The number of carbonyl (C=O) groups excluding carboxylic acids is 1. The average Bonchev–Trinajstić information content (AvgIpc) is 2.38. The van der Waals surface area contributed by atoms with Crippen LogP contribution in [0.25, 0.3) is 0 Å². The first-order valence-electron chi connectivity index (χ1n) is 8.36. The first-order valence-corrected chi connectivity index (χ1v) is 8.36. The molecule has 0 fully saturated rings. The molecule has 0 aliphatic rings. The zero-order valence-electron chi connectivity index (χ0n) is 13.7. The summed E-state index contributed by atoms with van der Waals surface area (Å²) in [6.45, 7) is 6.31. The summed E-state index contributed by atoms with van der Waals surface area (Å²) in [4.78, 5) is 11.3. The van der Waals surface area contributed by atoms with Gasteiger partial charge in [-0.25, -0.2) is 0 Å². The topological polar surface area (TPSA) is 46.5 Å². The molecule has 1 atom stereocenters. The van der Waals surface area contributed by atoms with Gasteiger partial charge in [0, 0.05) is 6.42 Å². The minimum atomic E-state index is -0.561. The molecule has 1 N–H and O–H groups in total. The van der Waals surface area contributed by atoms with Crippen molar-refractivity contribution in [3.05, 3.63) is 0 Å². The highest BCUT2D eigenvalue weighted by molar-refractivity contribution is 5.69. The maximum atomic E-state index is 11.3. The van der Waals surface area contributed by atoms with Crippen LogP contribution in [0, 0.1) is 5.92 Å². The van der Waals surface area contributed by atoms with E-state index in [0.29, 0.717) is 6.42 Å². The quantitative estimate of drug-likeness (QED) is 0.401. The van der Waals surface area contributed by atoms with Crippen LogP contribution >= 0.6 is 0 Å². The number of ether oxygens (including phenoxy) is 1. The van der Waals surface area contributed by atoms with Gasteiger partial charge in [-0.2, -0.15) is 0 Å². The van der Waals surface area contributed by atoms with Gasteiger partial charge < -0.3 is 9.84 Å². The first-order chi connectivity index (χ1) is 9.52. The normalized spacial score (nSPS) is 12.7. The van der Waals surface area contributed by atoms with Gasteiger partial charge in [-0.15, -0.1) is 0 Å². The van der Waals surface area contributed by atoms with Gasteiger partial charge in [0.05, 0.1) is 6.10 Å². The Morgan fingerprint density at radius 2 is 1.40 bits per heavy atom. The molecule has 0 saturated heterocycles. The highest BCUT2D eigenvalue weighted by Gasteiger charge is 2.04. The predicted molar refractivity (Wildman–Crippen MR) is 83.6 cm³/mol. The van der Waals surface area contributed by atoms with Gasteiger partial charge in [0.1, 0.15) is 6.61 Å². The Balaban J connectivity index is 3.14. The van der Waals surface area contributed by atoms with Crippen LogP contribution in [0.4, 0.5) is 0 Å². The molecule has 0 aromatic heterocycles. The third-order valence-electron chi connectivity index (χ3n) is 3.40. The molecule has 0 aromatic rings. The van der Waals surface area contributed by atoms with Gasteiger partial charge in [0.2, 0.25) is 0 Å². The summed E-state index contributed by atoms with van der Waals surface area (Å²) in [5.41, 5.74) is 0. The number of carbonyl (C=O) groups is 1. The minimum absolute atomic E-state index is 0.120. The van der Waals surface area contributed by atoms with Crippen LogP contribution in [0.1, 0.15) is 85.0 Å². The molecule has 0 aliphatic heterocycles. The maximum absolute atomic E-state index is 11.3. The fourth-order valence-electron chi connectivity index (χ4n) is 2.17. The van der Waals surface area contributed by atoms with Crippen LogP contribution in [0.15, 0.2) is 0 Å². The maximum Gasteiger partial charge on any atom is 0.305 e. The van der Waals surface area contributed by atoms with Crippen molar-refractivity contribution < 1.29 is 14.6 Å². The lowest BCUT2D eigenvalue weighted by Crippen LogP contribution is -2.14. The fourth-order valence-corrected chi connectivity index (χ4v) is 2.17. The van der Waals surface area contributed by atoms with Crippen molar-refractivity contribution in [1.29, 1.82) is 0 Å². The van der Waals surface area contributed by atoms with Crippen molar-refractivity contribution in [1.82, 2.24) is 0 Å². The number of aliphatic hydroxyl groups excluding tert-OH is 1. The highest BCUT2D eigenvalue weighted by atomic mass is 16.5. The molecule has 3 heteroatoms. The lowest BCUT2D eigenvalue weighted by atomic mass is 10.0. The number of hydrogen-bond acceptors (Lipinski definition) is 3. The fraction of sp³-hybridized carbons (Fsp3) is 0.941. The molecule has 0 amide bonds. The Kier molecular flexibility index (Phi) is 13.0. The van der Waals surface area contributed by atoms with Gasteiger partial charge in [0.25, 0.3) is 0 Å². The molecule has 0 aliphatic carbocycles. The number of hydrogen-bond donors (Lipinski definition) is 1. The van der Waals surface area contributed by atoms with Crippen molar-refractivity contribution in [2.75, 3.05) is 6.61 Å². The predicted octanol–water partition coefficient (Wildman–Crippen LogP) is 4.47. The average molecular weight is 286 g/mol. The van der Waals surface area contributed by atoms with E-state index in [4.69, 9.17) is 9.84 Å². The lowest BCUT2D eigenvalue weighted by Gasteiger charge is -2.06. The molecular weight excluding hydrogens is 252 g/mol. The van der Waals surface area contributed by atoms with Crippen molar-refractivity contribution in [3.63, 3.8) is 0 Å². The van der Waals surface area contributed by atoms with Gasteiger partial charge in [0.15, 0.2) is 0 Å². The summed E-state index contributed by atoms with van der Waals surface area (Å²) in [5, 5.41) is 8.98. The van der Waals surface area contributed by atoms with Gasteiger partial charge in [-0.05, 0) is 19.3 Å². The second-order valence-corrected chi connectivity index (χ2v) is 6.29. The summed E-state index contributed by atoms with van der Waals surface area (Å²) in [6, 6.07) is 0. The minimum Gasteiger partial charge on any atom is -0.463 e. The molecule has 120 valence electrons. The van der Waals surface area contributed by atoms with E-state index >= 15 is 0 Å². The highest BCUT2D eigenvalue weighted by Crippen LogP contribution is 2.13. The van der Waals surface area contributed by atoms with Gasteiger partial charge in [-0.3, -0.25) is 4.79 Å². The summed E-state index contributed by atoms with van der Waals surface area (Å²) >= 11 is 0. The number of unbranched alkanes of at least 4 members (excludes halogenated alkanes) is 7. The van der Waals surface area contributed by atoms with E-state index in [1.54, 1.807) is 6.92 Å². The Morgan fingerprint density at radius 1 is 0.900 bits per heavy atom. The SMILES string of the molecule is CC(C)CCCCCCCCCCC(=O)OCC(C)O. The molecular formula is C17H34O3. The Bertz CT molecular complexity index is 224. The smallest absolute Gasteiger partial charge is 0.305 e. The summed E-state index contributed by atoms with van der Waals surface area (Å²) in [6.07, 6.45) is 11.2. The number of aliphatic hydroxyl groups is 1. The number of esters is 1. The van der Waals surface area contributed by atoms with E-state index in [9.17, 15) is 4.79 Å². The third-order valence-corrected chi connectivity index (χ3v) is 3.40. The Morgan fingerprint density at radius 3 is 1.90 bits per heavy atom. The standard InChI is InChI=1S/C17H34O3/c1-15(2)12-10-8-6-4-5-7-9-11-13-17(19)20-14-16(3)18/h15-16,18H,4-14H2,1-3H3. The van der Waals surface area contributed by atoms with E-state index in [2.05, 4.69) is 13.8 Å². The third kappa shape index (κ3) is 15.5. The van der Waals surface area contributed by atoms with Crippen molar-refractivity contribution in [3.8, 4) is 0 Å². The summed E-state index contributed by atoms with van der Waals surface area (Å²) in [5.74, 6) is 0.656. The molecule has 1 unspecified atom stereocenters. The van der Waals surface area contributed by atoms with Crippen LogP contribution in [0.2, 0.25) is 0 Å². The molecule has 0 aromatic carbocycles. The Hall–Kier alpha value is -0.570. The van der Waals surface area contributed by atoms with Crippen molar-refractivity contribution in [2.45, 2.75) is 91.1 Å². The van der Waals surface area contributed by atoms with Crippen LogP contribution in [0.5, 0.6) is 0 Å². The summed E-state index contributed by atoms with van der Waals surface area (Å²) < 4.78 is 4.91. The zero-order valence-corrected chi connectivity index (χ0v) is 13.7. The molecule has 20 heavy (non-hydrogen) atoms. The zero-order chi connectivity index (χ0) is 15.2. The van der Waals surface area contributed by atoms with Crippen molar-refractivity contribution >= 4 is 5.97 Å². The van der Waals surface area contributed by atoms with E-state index < -0.39 is 6.10 Å². The first kappa shape index (κ1) is 19.4. The molecule has 0 heterocycles. The van der Waals surface area contributed by atoms with Crippen LogP contribution in [-0.4, -0.2) is 23.8 Å². The molecule has 0 spiro atoms. The number of rotatable bonds is 13. The van der Waals surface area contributed by atoms with Gasteiger partial charge >= 0.3 is 5.97 Å². The molecule has 0 bridgehead atoms. The molecule has 0 rings (SSSR count). The molecule has 0 radical (unpaired) electrons. The van der Waals surface area contributed by atoms with Crippen LogP contribution < -0.4 is 0 Å². The van der Waals surface area contributed by atoms with Gasteiger partial charge in [-0.1, -0.05) is 65.2 Å². The lowest BCUT2D eigenvalue weighted by molar-refractivity contribution is -0.146. The monoisotopic (exact) mass is 286 g/mol. The second kappa shape index (κ2) is 13.4. The van der Waals surface area contributed by atoms with E-state index in [0.717, 1.165) is 18.8 Å². The van der Waals surface area contributed by atoms with E-state index in [1.165, 1.54) is 44.9 Å². The second-order valence-electron chi connectivity index (χ2n) is 6.29. The van der Waals surface area contributed by atoms with Crippen LogP contribution in [0.3, 0.4) is 0 Å².